The third kappa shape index (κ3) is 3.83. The fourth-order valence-electron chi connectivity index (χ4n) is 3.53. The van der Waals surface area contributed by atoms with Crippen LogP contribution in [0.5, 0.6) is 5.75 Å². The molecule has 1 aliphatic heterocycles. The topological polar surface area (TPSA) is 95.6 Å². The molecule has 158 valence electrons. The smallest absolute Gasteiger partial charge is 0.259 e. The molecule has 4 rings (SSSR count). The summed E-state index contributed by atoms with van der Waals surface area (Å²) in [5.41, 5.74) is 0.686. The number of ether oxygens (including phenoxy) is 1. The van der Waals surface area contributed by atoms with E-state index in [1.54, 1.807) is 36.4 Å². The van der Waals surface area contributed by atoms with Crippen LogP contribution in [0.25, 0.3) is 22.3 Å². The average molecular weight is 429 g/mol. The highest BCUT2D eigenvalue weighted by Crippen LogP contribution is 2.32. The van der Waals surface area contributed by atoms with Crippen LogP contribution in [0, 0.1) is 0 Å². The summed E-state index contributed by atoms with van der Waals surface area (Å²) in [6.45, 7) is 4.48. The number of benzene rings is 2. The number of hydrogen-bond donors (Lipinski definition) is 1. The molecule has 0 radical (unpaired) electrons. The Bertz CT molecular complexity index is 1230. The molecular weight excluding hydrogens is 404 g/mol. The summed E-state index contributed by atoms with van der Waals surface area (Å²) in [7, 11) is -1.70. The van der Waals surface area contributed by atoms with Crippen LogP contribution < -0.4 is 10.3 Å². The van der Waals surface area contributed by atoms with Crippen LogP contribution in [-0.4, -0.2) is 67.4 Å². The first-order chi connectivity index (χ1) is 14.4. The second kappa shape index (κ2) is 8.17. The molecule has 2 heterocycles. The van der Waals surface area contributed by atoms with Crippen molar-refractivity contribution >= 4 is 20.9 Å². The predicted molar refractivity (Wildman–Crippen MR) is 115 cm³/mol. The van der Waals surface area contributed by atoms with Gasteiger partial charge in [-0.1, -0.05) is 12.1 Å². The summed E-state index contributed by atoms with van der Waals surface area (Å²) in [5, 5.41) is 0.473. The van der Waals surface area contributed by atoms with Crippen LogP contribution in [0.2, 0.25) is 0 Å². The number of sulfonamides is 1. The summed E-state index contributed by atoms with van der Waals surface area (Å²) >= 11 is 0. The summed E-state index contributed by atoms with van der Waals surface area (Å²) in [4.78, 5) is 22.1. The van der Waals surface area contributed by atoms with Gasteiger partial charge in [0.15, 0.2) is 0 Å². The highest BCUT2D eigenvalue weighted by atomic mass is 32.2. The number of hydrogen-bond acceptors (Lipinski definition) is 6. The fraction of sp³-hybridized carbons (Fsp3) is 0.333. The molecule has 0 aliphatic carbocycles. The fourth-order valence-corrected chi connectivity index (χ4v) is 4.98. The zero-order chi connectivity index (χ0) is 21.3. The Morgan fingerprint density at radius 2 is 1.83 bits per heavy atom. The SMILES string of the molecule is CCOc1ccc(S(=O)(=O)N2CCN(C)CC2)cc1-c1nc2ccccc2c(=O)[nH]1. The van der Waals surface area contributed by atoms with Crippen molar-refractivity contribution in [2.75, 3.05) is 39.8 Å². The van der Waals surface area contributed by atoms with E-state index in [1.165, 1.54) is 10.4 Å². The van der Waals surface area contributed by atoms with Crippen molar-refractivity contribution in [3.8, 4) is 17.1 Å². The molecule has 1 saturated heterocycles. The van der Waals surface area contributed by atoms with Crippen molar-refractivity contribution in [2.24, 2.45) is 0 Å². The normalized spacial score (nSPS) is 16.1. The summed E-state index contributed by atoms with van der Waals surface area (Å²) < 4.78 is 33.6. The van der Waals surface area contributed by atoms with Crippen molar-refractivity contribution in [1.29, 1.82) is 0 Å². The molecule has 0 atom stereocenters. The van der Waals surface area contributed by atoms with Crippen molar-refractivity contribution in [3.05, 3.63) is 52.8 Å². The van der Waals surface area contributed by atoms with Crippen LogP contribution >= 0.6 is 0 Å². The van der Waals surface area contributed by atoms with E-state index in [0.29, 0.717) is 55.0 Å². The highest BCUT2D eigenvalue weighted by molar-refractivity contribution is 7.89. The average Bonchev–Trinajstić information content (AvgIpc) is 2.74. The molecule has 9 heteroatoms. The molecule has 0 unspecified atom stereocenters. The Hall–Kier alpha value is -2.75. The van der Waals surface area contributed by atoms with Gasteiger partial charge < -0.3 is 14.6 Å². The van der Waals surface area contributed by atoms with Crippen LogP contribution in [-0.2, 0) is 10.0 Å². The molecule has 0 amide bonds. The number of piperazine rings is 1. The maximum absolute atomic E-state index is 13.2. The first-order valence-corrected chi connectivity index (χ1v) is 11.3. The van der Waals surface area contributed by atoms with Gasteiger partial charge >= 0.3 is 0 Å². The maximum atomic E-state index is 13.2. The van der Waals surface area contributed by atoms with Gasteiger partial charge in [-0.3, -0.25) is 4.79 Å². The van der Waals surface area contributed by atoms with Gasteiger partial charge in [-0.2, -0.15) is 4.31 Å². The third-order valence-electron chi connectivity index (χ3n) is 5.22. The Morgan fingerprint density at radius 3 is 2.57 bits per heavy atom. The zero-order valence-electron chi connectivity index (χ0n) is 17.0. The number of H-pyrrole nitrogens is 1. The van der Waals surface area contributed by atoms with Crippen molar-refractivity contribution < 1.29 is 13.2 Å². The molecule has 0 spiro atoms. The number of aromatic amines is 1. The largest absolute Gasteiger partial charge is 0.493 e. The standard InChI is InChI=1S/C21H24N4O4S/c1-3-29-19-9-8-15(30(27,28)25-12-10-24(2)11-13-25)14-17(19)20-22-18-7-5-4-6-16(18)21(26)23-20/h4-9,14H,3,10-13H2,1-2H3,(H,22,23,26). The van der Waals surface area contributed by atoms with E-state index in [-0.39, 0.29) is 16.3 Å². The first-order valence-electron chi connectivity index (χ1n) is 9.85. The van der Waals surface area contributed by atoms with Gasteiger partial charge in [0.25, 0.3) is 5.56 Å². The zero-order valence-corrected chi connectivity index (χ0v) is 17.8. The van der Waals surface area contributed by atoms with Crippen LogP contribution in [0.1, 0.15) is 6.92 Å². The molecule has 2 aromatic carbocycles. The van der Waals surface area contributed by atoms with E-state index in [0.717, 1.165) is 0 Å². The van der Waals surface area contributed by atoms with Gasteiger partial charge in [-0.05, 0) is 44.3 Å². The second-order valence-corrected chi connectivity index (χ2v) is 9.17. The summed E-state index contributed by atoms with van der Waals surface area (Å²) in [6, 6.07) is 11.7. The van der Waals surface area contributed by atoms with Crippen molar-refractivity contribution in [3.63, 3.8) is 0 Å². The number of nitrogens with zero attached hydrogens (tertiary/aromatic N) is 3. The number of rotatable bonds is 5. The minimum Gasteiger partial charge on any atom is -0.493 e. The Morgan fingerprint density at radius 1 is 1.10 bits per heavy atom. The lowest BCUT2D eigenvalue weighted by atomic mass is 10.1. The lowest BCUT2D eigenvalue weighted by Crippen LogP contribution is -2.47. The molecular formula is C21H24N4O4S. The second-order valence-electron chi connectivity index (χ2n) is 7.23. The Labute approximate surface area is 175 Å². The quantitative estimate of drug-likeness (QED) is 0.667. The van der Waals surface area contributed by atoms with Gasteiger partial charge in [0.1, 0.15) is 11.6 Å². The molecule has 0 bridgehead atoms. The van der Waals surface area contributed by atoms with Gasteiger partial charge in [0.05, 0.1) is 28.0 Å². The maximum Gasteiger partial charge on any atom is 0.259 e. The van der Waals surface area contributed by atoms with E-state index in [4.69, 9.17) is 4.74 Å². The van der Waals surface area contributed by atoms with E-state index in [1.807, 2.05) is 14.0 Å². The Balaban J connectivity index is 1.82. The molecule has 1 fully saturated rings. The van der Waals surface area contributed by atoms with E-state index < -0.39 is 10.0 Å². The van der Waals surface area contributed by atoms with Gasteiger partial charge in [0.2, 0.25) is 10.0 Å². The van der Waals surface area contributed by atoms with Crippen LogP contribution in [0.4, 0.5) is 0 Å². The minimum atomic E-state index is -3.67. The highest BCUT2D eigenvalue weighted by Gasteiger charge is 2.28. The molecule has 1 aliphatic rings. The number of likely N-dealkylation sites (N-methyl/N-ethyl adjacent to an activating group) is 1. The van der Waals surface area contributed by atoms with E-state index in [2.05, 4.69) is 14.9 Å². The first kappa shape index (κ1) is 20.5. The molecule has 0 saturated carbocycles. The lowest BCUT2D eigenvalue weighted by molar-refractivity contribution is 0.222. The molecule has 1 aromatic heterocycles. The summed E-state index contributed by atoms with van der Waals surface area (Å²) in [6.07, 6.45) is 0. The predicted octanol–water partition coefficient (Wildman–Crippen LogP) is 1.92. The third-order valence-corrected chi connectivity index (χ3v) is 7.11. The number of aromatic nitrogens is 2. The van der Waals surface area contributed by atoms with Gasteiger partial charge in [-0.25, -0.2) is 13.4 Å². The van der Waals surface area contributed by atoms with Crippen LogP contribution in [0.3, 0.4) is 0 Å². The number of para-hydroxylation sites is 1. The minimum absolute atomic E-state index is 0.154. The monoisotopic (exact) mass is 428 g/mol. The molecule has 3 aromatic rings. The van der Waals surface area contributed by atoms with Crippen molar-refractivity contribution in [1.82, 2.24) is 19.2 Å². The molecule has 8 nitrogen and oxygen atoms in total. The number of nitrogens with one attached hydrogen (secondary N) is 1. The van der Waals surface area contributed by atoms with Crippen LogP contribution in [0.15, 0.2) is 52.2 Å². The van der Waals surface area contributed by atoms with Gasteiger partial charge in [0, 0.05) is 26.2 Å². The van der Waals surface area contributed by atoms with Gasteiger partial charge in [-0.15, -0.1) is 0 Å². The molecule has 30 heavy (non-hydrogen) atoms. The van der Waals surface area contributed by atoms with E-state index >= 15 is 0 Å². The molecule has 1 N–H and O–H groups in total. The summed E-state index contributed by atoms with van der Waals surface area (Å²) in [5.74, 6) is 0.742. The lowest BCUT2D eigenvalue weighted by Gasteiger charge is -2.31. The van der Waals surface area contributed by atoms with Crippen molar-refractivity contribution in [2.45, 2.75) is 11.8 Å². The van der Waals surface area contributed by atoms with E-state index in [9.17, 15) is 13.2 Å². The number of fused-ring (bicyclic) bond motifs is 1. The Kier molecular flexibility index (Phi) is 5.59.